The van der Waals surface area contributed by atoms with Crippen LogP contribution in [0, 0.1) is 0 Å². The Bertz CT molecular complexity index is 1120. The summed E-state index contributed by atoms with van der Waals surface area (Å²) in [5.74, 6) is 0.792. The van der Waals surface area contributed by atoms with Crippen LogP contribution in [0.1, 0.15) is 45.3 Å². The molecule has 0 unspecified atom stereocenters. The van der Waals surface area contributed by atoms with Crippen LogP contribution in [0.2, 0.25) is 0 Å². The first-order chi connectivity index (χ1) is 17.8. The minimum atomic E-state index is -0.969. The fraction of sp³-hybridized carbons (Fsp3) is 0.355. The van der Waals surface area contributed by atoms with Gasteiger partial charge in [-0.1, -0.05) is 68.7 Å². The van der Waals surface area contributed by atoms with Crippen LogP contribution in [-0.2, 0) is 0 Å². The molecule has 0 spiro atoms. The van der Waals surface area contributed by atoms with Gasteiger partial charge in [0.2, 0.25) is 0 Å². The molecule has 2 atom stereocenters. The second-order valence-electron chi connectivity index (χ2n) is 9.42. The van der Waals surface area contributed by atoms with Gasteiger partial charge in [0.05, 0.1) is 6.10 Å². The lowest BCUT2D eigenvalue weighted by Crippen LogP contribution is -2.53. The van der Waals surface area contributed by atoms with Gasteiger partial charge < -0.3 is 14.9 Å². The van der Waals surface area contributed by atoms with E-state index in [1.54, 1.807) is 12.2 Å². The van der Waals surface area contributed by atoms with E-state index in [0.717, 1.165) is 70.9 Å². The van der Waals surface area contributed by atoms with Crippen molar-refractivity contribution in [1.29, 1.82) is 0 Å². The lowest BCUT2D eigenvalue weighted by Gasteiger charge is -2.38. The molecule has 0 radical (unpaired) electrons. The Morgan fingerprint density at radius 3 is 2.54 bits per heavy atom. The van der Waals surface area contributed by atoms with E-state index in [4.69, 9.17) is 9.88 Å². The third-order valence-electron chi connectivity index (χ3n) is 6.67. The van der Waals surface area contributed by atoms with Crippen LogP contribution >= 0.6 is 11.9 Å². The first-order valence-electron chi connectivity index (χ1n) is 12.8. The Balaban J connectivity index is 1.94. The van der Waals surface area contributed by atoms with E-state index in [9.17, 15) is 10.2 Å². The number of hydrogen-bond donors (Lipinski definition) is 3. The van der Waals surface area contributed by atoms with E-state index in [2.05, 4.69) is 25.0 Å². The maximum atomic E-state index is 11.7. The highest BCUT2D eigenvalue weighted by molar-refractivity contribution is 8.01. The number of aliphatic hydroxyl groups excluding tert-OH is 2. The van der Waals surface area contributed by atoms with Crippen molar-refractivity contribution in [2.75, 3.05) is 19.6 Å². The summed E-state index contributed by atoms with van der Waals surface area (Å²) in [4.78, 5) is 3.10. The molecular weight excluding hydrogens is 480 g/mol. The summed E-state index contributed by atoms with van der Waals surface area (Å²) in [5, 5.41) is 27.8. The van der Waals surface area contributed by atoms with Crippen molar-refractivity contribution in [2.24, 2.45) is 5.14 Å². The summed E-state index contributed by atoms with van der Waals surface area (Å²) < 4.78 is 6.11. The van der Waals surface area contributed by atoms with Crippen molar-refractivity contribution in [2.45, 2.75) is 51.9 Å². The molecule has 198 valence electrons. The average molecular weight is 521 g/mol. The predicted molar refractivity (Wildman–Crippen MR) is 156 cm³/mol. The van der Waals surface area contributed by atoms with Gasteiger partial charge in [-0.25, -0.2) is 0 Å². The number of benzene rings is 1. The van der Waals surface area contributed by atoms with E-state index in [1.165, 1.54) is 0 Å². The number of ether oxygens (including phenoxy) is 1. The quantitative estimate of drug-likeness (QED) is 0.234. The topological polar surface area (TPSA) is 79.0 Å². The van der Waals surface area contributed by atoms with Crippen LogP contribution in [0.5, 0.6) is 5.75 Å². The highest BCUT2D eigenvalue weighted by atomic mass is 32.2. The van der Waals surface area contributed by atoms with E-state index < -0.39 is 12.2 Å². The first kappa shape index (κ1) is 29.0. The van der Waals surface area contributed by atoms with E-state index in [-0.39, 0.29) is 6.10 Å². The number of rotatable bonds is 12. The molecule has 1 saturated heterocycles. The minimum Gasteiger partial charge on any atom is -0.488 e. The fourth-order valence-electron chi connectivity index (χ4n) is 4.73. The molecule has 3 rings (SSSR count). The lowest BCUT2D eigenvalue weighted by atomic mass is 9.86. The number of aliphatic hydroxyl groups is 2. The molecule has 0 saturated carbocycles. The Kier molecular flexibility index (Phi) is 10.8. The molecule has 1 aromatic rings. The Morgan fingerprint density at radius 1 is 1.30 bits per heavy atom. The molecule has 1 aliphatic carbocycles. The highest BCUT2D eigenvalue weighted by Gasteiger charge is 2.28. The predicted octanol–water partition coefficient (Wildman–Crippen LogP) is 5.94. The molecule has 1 heterocycles. The number of allylic oxidation sites excluding steroid dienone is 7. The van der Waals surface area contributed by atoms with Crippen molar-refractivity contribution in [3.05, 3.63) is 112 Å². The molecule has 4 N–H and O–H groups in total. The standard InChI is InChI=1S/C31H40N2O3S/c1-6-9-21(4)28(8-3)22(5)29(31(37-32)24-10-14-25(34)15-11-24)30(35)23-12-16-26(17-13-23)36-27-19-33(20-27)18-7-2/h6,8-14,16-17,25,27,30,34-35H,1,5,7,15,18-20,32H2,2-4H3/b21-9-,28-8+,31-29+/t25-,30+/m1/s1. The van der Waals surface area contributed by atoms with Crippen molar-refractivity contribution in [3.8, 4) is 5.75 Å². The Morgan fingerprint density at radius 2 is 2.00 bits per heavy atom. The fourth-order valence-corrected chi connectivity index (χ4v) is 5.38. The average Bonchev–Trinajstić information content (AvgIpc) is 2.87. The Hall–Kier alpha value is -2.61. The summed E-state index contributed by atoms with van der Waals surface area (Å²) >= 11 is 1.08. The normalized spacial score (nSPS) is 20.6. The molecule has 2 aliphatic rings. The number of nitrogens with two attached hydrogens (primary N) is 1. The summed E-state index contributed by atoms with van der Waals surface area (Å²) in [6, 6.07) is 7.61. The van der Waals surface area contributed by atoms with Crippen molar-refractivity contribution in [1.82, 2.24) is 4.90 Å². The maximum Gasteiger partial charge on any atom is 0.124 e. The van der Waals surface area contributed by atoms with Gasteiger partial charge in [-0.15, -0.1) is 0 Å². The second kappa shape index (κ2) is 13.8. The van der Waals surface area contributed by atoms with Crippen LogP contribution < -0.4 is 9.88 Å². The van der Waals surface area contributed by atoms with Gasteiger partial charge in [0.25, 0.3) is 0 Å². The van der Waals surface area contributed by atoms with Gasteiger partial charge in [-0.3, -0.25) is 10.0 Å². The highest BCUT2D eigenvalue weighted by Crippen LogP contribution is 2.41. The smallest absolute Gasteiger partial charge is 0.124 e. The summed E-state index contributed by atoms with van der Waals surface area (Å²) in [6.07, 6.45) is 11.5. The summed E-state index contributed by atoms with van der Waals surface area (Å²) in [6.45, 7) is 17.3. The van der Waals surface area contributed by atoms with Crippen LogP contribution in [0.15, 0.2) is 107 Å². The van der Waals surface area contributed by atoms with Gasteiger partial charge in [-0.2, -0.15) is 0 Å². The molecule has 0 aromatic heterocycles. The minimum absolute atomic E-state index is 0.204. The van der Waals surface area contributed by atoms with Crippen molar-refractivity contribution < 1.29 is 14.9 Å². The zero-order chi connectivity index (χ0) is 26.9. The maximum absolute atomic E-state index is 11.7. The molecular formula is C31H40N2O3S. The molecule has 1 aliphatic heterocycles. The van der Waals surface area contributed by atoms with Gasteiger partial charge in [0.1, 0.15) is 18.0 Å². The SMILES string of the molecule is C=C/C=C(C)\C(=C/C)C(=C)/C(=C(\SN)C1=CC[C@H](O)C=C1)[C@@H](O)c1ccc(OC2CN(CCC)C2)cc1. The van der Waals surface area contributed by atoms with Crippen LogP contribution in [0.4, 0.5) is 0 Å². The molecule has 37 heavy (non-hydrogen) atoms. The third kappa shape index (κ3) is 7.24. The van der Waals surface area contributed by atoms with Gasteiger partial charge in [-0.05, 0) is 85.2 Å². The summed E-state index contributed by atoms with van der Waals surface area (Å²) in [5.41, 5.74) is 4.78. The lowest BCUT2D eigenvalue weighted by molar-refractivity contribution is 0.0202. The van der Waals surface area contributed by atoms with Gasteiger partial charge in [0, 0.05) is 23.6 Å². The largest absolute Gasteiger partial charge is 0.488 e. The van der Waals surface area contributed by atoms with Gasteiger partial charge >= 0.3 is 0 Å². The molecule has 6 heteroatoms. The summed E-state index contributed by atoms with van der Waals surface area (Å²) in [7, 11) is 0. The molecule has 5 nitrogen and oxygen atoms in total. The van der Waals surface area contributed by atoms with Crippen LogP contribution in [0.3, 0.4) is 0 Å². The second-order valence-corrected chi connectivity index (χ2v) is 10.1. The van der Waals surface area contributed by atoms with Crippen LogP contribution in [-0.4, -0.2) is 47.0 Å². The van der Waals surface area contributed by atoms with Gasteiger partial charge in [0.15, 0.2) is 0 Å². The number of hydrogen-bond acceptors (Lipinski definition) is 6. The molecule has 1 fully saturated rings. The monoisotopic (exact) mass is 520 g/mol. The molecule has 1 aromatic carbocycles. The van der Waals surface area contributed by atoms with Crippen LogP contribution in [0.25, 0.3) is 0 Å². The number of likely N-dealkylation sites (tertiary alicyclic amines) is 1. The Labute approximate surface area is 226 Å². The van der Waals surface area contributed by atoms with Crippen molar-refractivity contribution >= 4 is 11.9 Å². The van der Waals surface area contributed by atoms with E-state index in [0.29, 0.717) is 17.6 Å². The molecule has 0 amide bonds. The number of nitrogens with zero attached hydrogens (tertiary/aromatic N) is 1. The molecule has 0 bridgehead atoms. The van der Waals surface area contributed by atoms with Crippen molar-refractivity contribution in [3.63, 3.8) is 0 Å². The third-order valence-corrected chi connectivity index (χ3v) is 7.36. The zero-order valence-electron chi connectivity index (χ0n) is 22.2. The first-order valence-corrected chi connectivity index (χ1v) is 13.7. The zero-order valence-corrected chi connectivity index (χ0v) is 23.0. The van der Waals surface area contributed by atoms with E-state index in [1.807, 2.05) is 62.4 Å². The van der Waals surface area contributed by atoms with E-state index >= 15 is 0 Å².